The summed E-state index contributed by atoms with van der Waals surface area (Å²) in [5.41, 5.74) is 8.10. The molecule has 166 valence electrons. The van der Waals surface area contributed by atoms with Crippen molar-refractivity contribution >= 4 is 11.7 Å². The van der Waals surface area contributed by atoms with E-state index in [0.29, 0.717) is 83.2 Å². The van der Waals surface area contributed by atoms with Gasteiger partial charge in [0.15, 0.2) is 0 Å². The summed E-state index contributed by atoms with van der Waals surface area (Å²) in [7, 11) is 0. The molecule has 1 N–H and O–H groups in total. The van der Waals surface area contributed by atoms with Crippen molar-refractivity contribution in [1.82, 2.24) is 5.32 Å². The first-order valence-corrected chi connectivity index (χ1v) is 10.7. The van der Waals surface area contributed by atoms with Crippen LogP contribution in [0.4, 0.5) is 0 Å². The van der Waals surface area contributed by atoms with Gasteiger partial charge in [0.05, 0.1) is 33.0 Å². The topological polar surface area (TPSA) is 123 Å². The number of Topliss-reactive ketones (excluding diaryl/α,β-unsaturated/α-hetero) is 1. The molecule has 0 aliphatic carbocycles. The van der Waals surface area contributed by atoms with Crippen molar-refractivity contribution in [2.24, 2.45) is 11.0 Å². The van der Waals surface area contributed by atoms with Gasteiger partial charge in [-0.1, -0.05) is 18.0 Å². The van der Waals surface area contributed by atoms with Crippen molar-refractivity contribution in [3.05, 3.63) is 10.4 Å². The van der Waals surface area contributed by atoms with Gasteiger partial charge in [0.2, 0.25) is 5.91 Å². The number of carbonyl (C=O) groups is 2. The highest BCUT2D eigenvalue weighted by molar-refractivity contribution is 5.79. The van der Waals surface area contributed by atoms with Gasteiger partial charge >= 0.3 is 0 Å². The summed E-state index contributed by atoms with van der Waals surface area (Å²) < 4.78 is 16.0. The van der Waals surface area contributed by atoms with E-state index in [1.54, 1.807) is 0 Å². The molecule has 0 aromatic heterocycles. The predicted molar refractivity (Wildman–Crippen MR) is 110 cm³/mol. The second-order valence-corrected chi connectivity index (χ2v) is 7.35. The summed E-state index contributed by atoms with van der Waals surface area (Å²) in [6, 6.07) is 0.290. The maximum absolute atomic E-state index is 11.9. The molecule has 1 amide bonds. The fraction of sp³-hybridized carbons (Fsp3) is 0.900. The lowest BCUT2D eigenvalue weighted by Gasteiger charge is -2.13. The van der Waals surface area contributed by atoms with Crippen LogP contribution >= 0.6 is 0 Å². The third-order valence-corrected chi connectivity index (χ3v) is 4.96. The average molecular weight is 413 g/mol. The molecular weight excluding hydrogens is 376 g/mol. The number of rotatable bonds is 19. The highest BCUT2D eigenvalue weighted by atomic mass is 16.5. The van der Waals surface area contributed by atoms with Crippen LogP contribution < -0.4 is 5.32 Å². The van der Waals surface area contributed by atoms with E-state index in [-0.39, 0.29) is 5.91 Å². The summed E-state index contributed by atoms with van der Waals surface area (Å²) in [6.07, 6.45) is 6.73. The van der Waals surface area contributed by atoms with E-state index in [1.165, 1.54) is 0 Å². The fourth-order valence-corrected chi connectivity index (χ4v) is 3.29. The van der Waals surface area contributed by atoms with Crippen LogP contribution in [0.2, 0.25) is 0 Å². The Morgan fingerprint density at radius 3 is 2.34 bits per heavy atom. The van der Waals surface area contributed by atoms with Crippen LogP contribution in [0.1, 0.15) is 58.3 Å². The minimum atomic E-state index is 0.166. The Bertz CT molecular complexity index is 511. The van der Waals surface area contributed by atoms with Crippen molar-refractivity contribution in [3.8, 4) is 0 Å². The Morgan fingerprint density at radius 1 is 1.03 bits per heavy atom. The Morgan fingerprint density at radius 2 is 1.69 bits per heavy atom. The maximum Gasteiger partial charge on any atom is 0.220 e. The quantitative estimate of drug-likeness (QED) is 0.151. The van der Waals surface area contributed by atoms with E-state index in [2.05, 4.69) is 22.3 Å². The minimum Gasteiger partial charge on any atom is -0.379 e. The number of ether oxygens (including phenoxy) is 3. The lowest BCUT2D eigenvalue weighted by molar-refractivity contribution is -0.120. The second-order valence-electron chi connectivity index (χ2n) is 7.35. The van der Waals surface area contributed by atoms with E-state index in [0.717, 1.165) is 32.1 Å². The van der Waals surface area contributed by atoms with Gasteiger partial charge in [-0.3, -0.25) is 9.59 Å². The standard InChI is InChI=1S/C20H36N4O5/c1-17-18(16-20(26)23-17)6-3-2-4-7-19(25)8-5-10-27-12-14-29-15-13-28-11-9-22-24-21/h17-18H,2-16H2,1H3,(H,23,26)/t17-,18-/m1/s1. The van der Waals surface area contributed by atoms with Crippen molar-refractivity contribution in [3.63, 3.8) is 0 Å². The molecule has 1 aliphatic heterocycles. The number of hydrogen-bond acceptors (Lipinski definition) is 6. The Hall–Kier alpha value is -1.67. The number of azide groups is 1. The van der Waals surface area contributed by atoms with Gasteiger partial charge in [-0.2, -0.15) is 0 Å². The van der Waals surface area contributed by atoms with E-state index in [1.807, 2.05) is 0 Å². The molecule has 9 nitrogen and oxygen atoms in total. The van der Waals surface area contributed by atoms with Crippen LogP contribution in [0.5, 0.6) is 0 Å². The number of hydrogen-bond donors (Lipinski definition) is 1. The zero-order chi connectivity index (χ0) is 21.2. The summed E-state index contributed by atoms with van der Waals surface area (Å²) in [4.78, 5) is 25.8. The fourth-order valence-electron chi connectivity index (χ4n) is 3.29. The Labute approximate surface area is 173 Å². The summed E-state index contributed by atoms with van der Waals surface area (Å²) in [5.74, 6) is 0.921. The first-order chi connectivity index (χ1) is 14.1. The molecular formula is C20H36N4O5. The van der Waals surface area contributed by atoms with Crippen LogP contribution in [0, 0.1) is 5.92 Å². The van der Waals surface area contributed by atoms with Gasteiger partial charge < -0.3 is 19.5 Å². The highest BCUT2D eigenvalue weighted by Crippen LogP contribution is 2.22. The predicted octanol–water partition coefficient (Wildman–Crippen LogP) is 3.17. The third-order valence-electron chi connectivity index (χ3n) is 4.96. The van der Waals surface area contributed by atoms with E-state index in [4.69, 9.17) is 19.7 Å². The summed E-state index contributed by atoms with van der Waals surface area (Å²) in [6.45, 7) is 5.30. The molecule has 2 atom stereocenters. The van der Waals surface area contributed by atoms with Gasteiger partial charge in [0.1, 0.15) is 5.78 Å². The zero-order valence-corrected chi connectivity index (χ0v) is 17.6. The number of nitrogens with one attached hydrogen (secondary N) is 1. The molecule has 0 aromatic rings. The Balaban J connectivity index is 1.79. The molecule has 1 heterocycles. The lowest BCUT2D eigenvalue weighted by atomic mass is 9.94. The van der Waals surface area contributed by atoms with Crippen LogP contribution in [0.25, 0.3) is 10.4 Å². The zero-order valence-electron chi connectivity index (χ0n) is 17.6. The minimum absolute atomic E-state index is 0.166. The normalized spacial score (nSPS) is 18.4. The molecule has 1 aliphatic rings. The molecule has 1 fully saturated rings. The first kappa shape index (κ1) is 25.4. The molecule has 1 rings (SSSR count). The SMILES string of the molecule is C[C@H]1NC(=O)C[C@H]1CCCCCC(=O)CCCOCCOCCOCCN=[N+]=[N-]. The molecule has 0 radical (unpaired) electrons. The van der Waals surface area contributed by atoms with Gasteiger partial charge in [-0.15, -0.1) is 0 Å². The third kappa shape index (κ3) is 14.0. The van der Waals surface area contributed by atoms with Crippen molar-refractivity contribution in [2.45, 2.75) is 64.3 Å². The second kappa shape index (κ2) is 17.2. The van der Waals surface area contributed by atoms with Gasteiger partial charge in [-0.25, -0.2) is 0 Å². The summed E-state index contributed by atoms with van der Waals surface area (Å²) >= 11 is 0. The Kier molecular flexibility index (Phi) is 15.1. The largest absolute Gasteiger partial charge is 0.379 e. The molecule has 0 spiro atoms. The molecule has 0 unspecified atom stereocenters. The van der Waals surface area contributed by atoms with Crippen molar-refractivity contribution in [1.29, 1.82) is 0 Å². The number of unbranched alkanes of at least 4 members (excludes halogenated alkanes) is 2. The van der Waals surface area contributed by atoms with Gasteiger partial charge in [0, 0.05) is 43.4 Å². The smallest absolute Gasteiger partial charge is 0.220 e. The van der Waals surface area contributed by atoms with Crippen LogP contribution in [0.15, 0.2) is 5.11 Å². The number of nitrogens with zero attached hydrogens (tertiary/aromatic N) is 3. The first-order valence-electron chi connectivity index (χ1n) is 10.7. The molecule has 0 bridgehead atoms. The van der Waals surface area contributed by atoms with E-state index >= 15 is 0 Å². The maximum atomic E-state index is 11.9. The van der Waals surface area contributed by atoms with E-state index < -0.39 is 0 Å². The van der Waals surface area contributed by atoms with Crippen molar-refractivity contribution in [2.75, 3.05) is 46.2 Å². The lowest BCUT2D eigenvalue weighted by Crippen LogP contribution is -2.25. The van der Waals surface area contributed by atoms with Gasteiger partial charge in [0.25, 0.3) is 0 Å². The molecule has 29 heavy (non-hydrogen) atoms. The number of carbonyl (C=O) groups excluding carboxylic acids is 2. The average Bonchev–Trinajstić information content (AvgIpc) is 3.02. The van der Waals surface area contributed by atoms with Crippen LogP contribution in [-0.2, 0) is 23.8 Å². The number of amides is 1. The molecule has 0 aromatic carbocycles. The number of ketones is 1. The van der Waals surface area contributed by atoms with Crippen LogP contribution in [-0.4, -0.2) is 63.9 Å². The van der Waals surface area contributed by atoms with Crippen molar-refractivity contribution < 1.29 is 23.8 Å². The highest BCUT2D eigenvalue weighted by Gasteiger charge is 2.27. The monoisotopic (exact) mass is 412 g/mol. The van der Waals surface area contributed by atoms with Gasteiger partial charge in [-0.05, 0) is 37.6 Å². The molecule has 9 heteroatoms. The molecule has 0 saturated carbocycles. The summed E-state index contributed by atoms with van der Waals surface area (Å²) in [5, 5.41) is 6.32. The van der Waals surface area contributed by atoms with E-state index in [9.17, 15) is 9.59 Å². The van der Waals surface area contributed by atoms with Crippen LogP contribution in [0.3, 0.4) is 0 Å². The molecule has 1 saturated heterocycles.